The van der Waals surface area contributed by atoms with E-state index in [-0.39, 0.29) is 23.3 Å². The highest BCUT2D eigenvalue weighted by molar-refractivity contribution is 7.89. The fraction of sp³-hybridized carbons (Fsp3) is 0.867. The molecule has 0 spiro atoms. The third-order valence-corrected chi connectivity index (χ3v) is 6.80. The van der Waals surface area contributed by atoms with E-state index in [4.69, 9.17) is 4.52 Å². The number of rotatable bonds is 6. The van der Waals surface area contributed by atoms with Gasteiger partial charge in [0, 0.05) is 19.1 Å². The third-order valence-electron chi connectivity index (χ3n) is 4.55. The number of aromatic nitrogens is 2. The van der Waals surface area contributed by atoms with Crippen molar-refractivity contribution in [2.75, 3.05) is 13.1 Å². The summed E-state index contributed by atoms with van der Waals surface area (Å²) < 4.78 is 31.6. The van der Waals surface area contributed by atoms with Crippen LogP contribution in [0.4, 0.5) is 0 Å². The van der Waals surface area contributed by atoms with Crippen LogP contribution in [0.15, 0.2) is 4.52 Å². The zero-order chi connectivity index (χ0) is 17.2. The van der Waals surface area contributed by atoms with Crippen LogP contribution in [0.3, 0.4) is 0 Å². The van der Waals surface area contributed by atoms with Gasteiger partial charge in [-0.1, -0.05) is 18.5 Å². The molecule has 1 fully saturated rings. The average molecular weight is 344 g/mol. The molecule has 2 heterocycles. The van der Waals surface area contributed by atoms with Crippen LogP contribution in [0, 0.1) is 12.8 Å². The molecular weight excluding hydrogens is 316 g/mol. The molecule has 0 saturated carbocycles. The predicted octanol–water partition coefficient (Wildman–Crippen LogP) is 1.87. The van der Waals surface area contributed by atoms with Crippen molar-refractivity contribution in [1.82, 2.24) is 19.8 Å². The van der Waals surface area contributed by atoms with Gasteiger partial charge in [0.05, 0.1) is 11.3 Å². The Morgan fingerprint density at radius 2 is 2.09 bits per heavy atom. The quantitative estimate of drug-likeness (QED) is 0.847. The second-order valence-corrected chi connectivity index (χ2v) is 9.07. The monoisotopic (exact) mass is 344 g/mol. The Kier molecular flexibility index (Phi) is 5.80. The van der Waals surface area contributed by atoms with Crippen molar-refractivity contribution in [3.05, 3.63) is 11.7 Å². The van der Waals surface area contributed by atoms with Gasteiger partial charge in [0.2, 0.25) is 15.9 Å². The SMILES string of the molecule is CC[C@@H]1CN(S(=O)(=O)C(C)C)CC[C@H]1N[C@@H](C)c1nc(C)no1. The molecule has 0 unspecified atom stereocenters. The zero-order valence-electron chi connectivity index (χ0n) is 14.6. The second-order valence-electron chi connectivity index (χ2n) is 6.58. The summed E-state index contributed by atoms with van der Waals surface area (Å²) in [6.45, 7) is 10.5. The average Bonchev–Trinajstić information content (AvgIpc) is 2.94. The lowest BCUT2D eigenvalue weighted by Crippen LogP contribution is -2.52. The van der Waals surface area contributed by atoms with Gasteiger partial charge in [-0.3, -0.25) is 0 Å². The molecule has 0 bridgehead atoms. The van der Waals surface area contributed by atoms with E-state index in [0.29, 0.717) is 24.8 Å². The lowest BCUT2D eigenvalue weighted by atomic mass is 9.90. The standard InChI is InChI=1S/C15H28N4O3S/c1-6-13-9-19(23(20,21)10(2)3)8-7-14(13)16-11(4)15-17-12(5)18-22-15/h10-11,13-14,16H,6-9H2,1-5H3/t11-,13+,14+/m0/s1. The topological polar surface area (TPSA) is 88.3 Å². The predicted molar refractivity (Wildman–Crippen MR) is 88.4 cm³/mol. The number of hydrogen-bond donors (Lipinski definition) is 1. The molecule has 1 aliphatic heterocycles. The van der Waals surface area contributed by atoms with Crippen LogP contribution in [-0.2, 0) is 10.0 Å². The first-order chi connectivity index (χ1) is 10.8. The van der Waals surface area contributed by atoms with Crippen molar-refractivity contribution >= 4 is 10.0 Å². The van der Waals surface area contributed by atoms with E-state index in [1.54, 1.807) is 25.1 Å². The number of piperidine rings is 1. The Hall–Kier alpha value is -0.990. The van der Waals surface area contributed by atoms with Gasteiger partial charge in [-0.2, -0.15) is 4.98 Å². The molecule has 1 saturated heterocycles. The first kappa shape index (κ1) is 18.4. The maximum Gasteiger partial charge on any atom is 0.243 e. The summed E-state index contributed by atoms with van der Waals surface area (Å²) in [4.78, 5) is 4.26. The molecule has 0 amide bonds. The Bertz CT molecular complexity index is 614. The smallest absolute Gasteiger partial charge is 0.243 e. The van der Waals surface area contributed by atoms with Crippen molar-refractivity contribution in [2.45, 2.75) is 64.8 Å². The van der Waals surface area contributed by atoms with Crippen molar-refractivity contribution in [2.24, 2.45) is 5.92 Å². The van der Waals surface area contributed by atoms with E-state index < -0.39 is 10.0 Å². The fourth-order valence-corrected chi connectivity index (χ4v) is 4.40. The van der Waals surface area contributed by atoms with E-state index in [0.717, 1.165) is 12.8 Å². The van der Waals surface area contributed by atoms with Crippen LogP contribution in [0.5, 0.6) is 0 Å². The van der Waals surface area contributed by atoms with Crippen molar-refractivity contribution in [1.29, 1.82) is 0 Å². The minimum atomic E-state index is -3.18. The van der Waals surface area contributed by atoms with Gasteiger partial charge in [-0.25, -0.2) is 12.7 Å². The molecule has 3 atom stereocenters. The summed E-state index contributed by atoms with van der Waals surface area (Å²) in [7, 11) is -3.18. The largest absolute Gasteiger partial charge is 0.338 e. The molecular formula is C15H28N4O3S. The Morgan fingerprint density at radius 3 is 2.61 bits per heavy atom. The van der Waals surface area contributed by atoms with Gasteiger partial charge in [0.1, 0.15) is 0 Å². The van der Waals surface area contributed by atoms with Crippen LogP contribution in [-0.4, -0.2) is 47.2 Å². The molecule has 1 aliphatic rings. The molecule has 23 heavy (non-hydrogen) atoms. The molecule has 1 aromatic rings. The second kappa shape index (κ2) is 7.27. The minimum absolute atomic E-state index is 0.0384. The van der Waals surface area contributed by atoms with Crippen LogP contribution in [0.1, 0.15) is 58.3 Å². The van der Waals surface area contributed by atoms with Crippen LogP contribution in [0.2, 0.25) is 0 Å². The highest BCUT2D eigenvalue weighted by Crippen LogP contribution is 2.26. The maximum absolute atomic E-state index is 12.4. The van der Waals surface area contributed by atoms with Crippen molar-refractivity contribution in [3.8, 4) is 0 Å². The third kappa shape index (κ3) is 4.10. The number of sulfonamides is 1. The first-order valence-corrected chi connectivity index (χ1v) is 9.81. The minimum Gasteiger partial charge on any atom is -0.338 e. The van der Waals surface area contributed by atoms with Gasteiger partial charge in [0.25, 0.3) is 0 Å². The Labute approximate surface area is 138 Å². The molecule has 1 N–H and O–H groups in total. The van der Waals surface area contributed by atoms with Crippen LogP contribution < -0.4 is 5.32 Å². The summed E-state index contributed by atoms with van der Waals surface area (Å²) >= 11 is 0. The van der Waals surface area contributed by atoms with Crippen molar-refractivity contribution in [3.63, 3.8) is 0 Å². The van der Waals surface area contributed by atoms with Gasteiger partial charge in [-0.05, 0) is 40.0 Å². The van der Waals surface area contributed by atoms with Gasteiger partial charge >= 0.3 is 0 Å². The summed E-state index contributed by atoms with van der Waals surface area (Å²) in [5.74, 6) is 1.48. The molecule has 132 valence electrons. The lowest BCUT2D eigenvalue weighted by molar-refractivity contribution is 0.183. The fourth-order valence-electron chi connectivity index (χ4n) is 3.04. The van der Waals surface area contributed by atoms with Gasteiger partial charge < -0.3 is 9.84 Å². The molecule has 0 aliphatic carbocycles. The molecule has 8 heteroatoms. The number of aryl methyl sites for hydroxylation is 1. The molecule has 2 rings (SSSR count). The van der Waals surface area contributed by atoms with E-state index in [9.17, 15) is 8.42 Å². The molecule has 0 aromatic carbocycles. The molecule has 7 nitrogen and oxygen atoms in total. The summed E-state index contributed by atoms with van der Waals surface area (Å²) in [5.41, 5.74) is 0. The first-order valence-electron chi connectivity index (χ1n) is 8.30. The van der Waals surface area contributed by atoms with E-state index in [2.05, 4.69) is 22.4 Å². The van der Waals surface area contributed by atoms with E-state index in [1.165, 1.54) is 0 Å². The highest BCUT2D eigenvalue weighted by atomic mass is 32.2. The Balaban J connectivity index is 2.02. The summed E-state index contributed by atoms with van der Waals surface area (Å²) in [6.07, 6.45) is 1.72. The van der Waals surface area contributed by atoms with Crippen LogP contribution in [0.25, 0.3) is 0 Å². The van der Waals surface area contributed by atoms with E-state index in [1.807, 2.05) is 6.92 Å². The lowest BCUT2D eigenvalue weighted by Gasteiger charge is -2.39. The number of nitrogens with zero attached hydrogens (tertiary/aromatic N) is 3. The normalized spacial score (nSPS) is 25.0. The van der Waals surface area contributed by atoms with Crippen molar-refractivity contribution < 1.29 is 12.9 Å². The maximum atomic E-state index is 12.4. The van der Waals surface area contributed by atoms with Crippen LogP contribution >= 0.6 is 0 Å². The summed E-state index contributed by atoms with van der Waals surface area (Å²) in [6, 6.07) is 0.212. The van der Waals surface area contributed by atoms with Gasteiger partial charge in [0.15, 0.2) is 5.82 Å². The van der Waals surface area contributed by atoms with Gasteiger partial charge in [-0.15, -0.1) is 0 Å². The highest BCUT2D eigenvalue weighted by Gasteiger charge is 2.36. The molecule has 1 aromatic heterocycles. The summed E-state index contributed by atoms with van der Waals surface area (Å²) in [5, 5.41) is 6.98. The Morgan fingerprint density at radius 1 is 1.39 bits per heavy atom. The number of nitrogens with one attached hydrogen (secondary N) is 1. The molecule has 0 radical (unpaired) electrons. The van der Waals surface area contributed by atoms with E-state index >= 15 is 0 Å². The zero-order valence-corrected chi connectivity index (χ0v) is 15.4. The number of hydrogen-bond acceptors (Lipinski definition) is 6.